The first-order valence-electron chi connectivity index (χ1n) is 9.36. The van der Waals surface area contributed by atoms with Crippen molar-refractivity contribution in [2.24, 2.45) is 0 Å². The van der Waals surface area contributed by atoms with Gasteiger partial charge in [0.2, 0.25) is 0 Å². The molecule has 0 N–H and O–H groups in total. The van der Waals surface area contributed by atoms with Crippen molar-refractivity contribution >= 4 is 17.5 Å². The van der Waals surface area contributed by atoms with E-state index in [1.165, 1.54) is 10.7 Å². The molecule has 148 valence electrons. The van der Waals surface area contributed by atoms with Crippen LogP contribution in [-0.2, 0) is 13.0 Å². The zero-order valence-corrected chi connectivity index (χ0v) is 16.7. The molecular weight excluding hydrogens is 390 g/mol. The van der Waals surface area contributed by atoms with Gasteiger partial charge in [-0.15, -0.1) is 0 Å². The Balaban J connectivity index is 1.55. The monoisotopic (exact) mass is 409 g/mol. The maximum Gasteiger partial charge on any atom is 0.266 e. The summed E-state index contributed by atoms with van der Waals surface area (Å²) in [5, 5.41) is 5.04. The molecule has 1 aliphatic rings. The standard InChI is InChI=1S/C22H20ClN3O3/c1-29-20-14-16(23)6-7-18(20)19-8-9-21(27)26(24-19)13-12-25-11-10-15-4-2-3-5-17(15)22(25)28/h2-9,14H,10-13H2,1H3. The molecule has 2 heterocycles. The number of hydrogen-bond acceptors (Lipinski definition) is 4. The Morgan fingerprint density at radius 2 is 1.86 bits per heavy atom. The number of rotatable bonds is 5. The summed E-state index contributed by atoms with van der Waals surface area (Å²) in [7, 11) is 1.56. The van der Waals surface area contributed by atoms with Crippen molar-refractivity contribution in [3.63, 3.8) is 0 Å². The Labute approximate surface area is 173 Å². The first kappa shape index (κ1) is 19.2. The summed E-state index contributed by atoms with van der Waals surface area (Å²) in [6.07, 6.45) is 0.812. The number of aromatic nitrogens is 2. The van der Waals surface area contributed by atoms with E-state index >= 15 is 0 Å². The van der Waals surface area contributed by atoms with Crippen molar-refractivity contribution in [2.45, 2.75) is 13.0 Å². The lowest BCUT2D eigenvalue weighted by atomic mass is 9.99. The average molecular weight is 410 g/mol. The molecular formula is C22H20ClN3O3. The van der Waals surface area contributed by atoms with Crippen LogP contribution >= 0.6 is 11.6 Å². The van der Waals surface area contributed by atoms with Crippen molar-refractivity contribution in [3.05, 3.63) is 81.1 Å². The van der Waals surface area contributed by atoms with Crippen molar-refractivity contribution in [1.29, 1.82) is 0 Å². The molecule has 0 bridgehead atoms. The van der Waals surface area contributed by atoms with Crippen molar-refractivity contribution in [3.8, 4) is 17.0 Å². The molecule has 2 aromatic carbocycles. The quantitative estimate of drug-likeness (QED) is 0.648. The summed E-state index contributed by atoms with van der Waals surface area (Å²) >= 11 is 6.03. The zero-order valence-electron chi connectivity index (χ0n) is 16.0. The van der Waals surface area contributed by atoms with Gasteiger partial charge in [0.25, 0.3) is 11.5 Å². The third-order valence-corrected chi connectivity index (χ3v) is 5.31. The zero-order chi connectivity index (χ0) is 20.4. The second-order valence-electron chi connectivity index (χ2n) is 6.82. The van der Waals surface area contributed by atoms with E-state index in [9.17, 15) is 9.59 Å². The first-order valence-corrected chi connectivity index (χ1v) is 9.74. The van der Waals surface area contributed by atoms with Crippen LogP contribution in [0.1, 0.15) is 15.9 Å². The van der Waals surface area contributed by atoms with Gasteiger partial charge >= 0.3 is 0 Å². The third-order valence-electron chi connectivity index (χ3n) is 5.07. The van der Waals surface area contributed by atoms with Gasteiger partial charge in [-0.1, -0.05) is 29.8 Å². The highest BCUT2D eigenvalue weighted by atomic mass is 35.5. The molecule has 0 spiro atoms. The summed E-state index contributed by atoms with van der Waals surface area (Å²) in [5.41, 5.74) is 2.94. The van der Waals surface area contributed by atoms with Crippen LogP contribution in [-0.4, -0.2) is 40.8 Å². The lowest BCUT2D eigenvalue weighted by Gasteiger charge is -2.28. The Kier molecular flexibility index (Phi) is 5.36. The van der Waals surface area contributed by atoms with Crippen molar-refractivity contribution in [2.75, 3.05) is 20.2 Å². The minimum absolute atomic E-state index is 0.00424. The Morgan fingerprint density at radius 3 is 2.69 bits per heavy atom. The van der Waals surface area contributed by atoms with Crippen LogP contribution in [0.3, 0.4) is 0 Å². The minimum atomic E-state index is -0.216. The summed E-state index contributed by atoms with van der Waals surface area (Å²) < 4.78 is 6.77. The Bertz CT molecular complexity index is 1130. The number of methoxy groups -OCH3 is 1. The molecule has 29 heavy (non-hydrogen) atoms. The average Bonchev–Trinajstić information content (AvgIpc) is 2.74. The van der Waals surface area contributed by atoms with E-state index in [2.05, 4.69) is 5.10 Å². The molecule has 1 amide bonds. The Morgan fingerprint density at radius 1 is 1.03 bits per heavy atom. The van der Waals surface area contributed by atoms with Crippen LogP contribution in [0, 0.1) is 0 Å². The first-order chi connectivity index (χ1) is 14.1. The lowest BCUT2D eigenvalue weighted by Crippen LogP contribution is -2.40. The van der Waals surface area contributed by atoms with E-state index in [4.69, 9.17) is 16.3 Å². The van der Waals surface area contributed by atoms with E-state index in [0.717, 1.165) is 23.1 Å². The van der Waals surface area contributed by atoms with Crippen molar-refractivity contribution in [1.82, 2.24) is 14.7 Å². The molecule has 0 atom stereocenters. The molecule has 6 nitrogen and oxygen atoms in total. The number of halogens is 1. The third kappa shape index (κ3) is 3.89. The maximum atomic E-state index is 12.7. The predicted octanol–water partition coefficient (Wildman–Crippen LogP) is 3.27. The summed E-state index contributed by atoms with van der Waals surface area (Å²) in [5.74, 6) is 0.577. The normalized spacial score (nSPS) is 13.3. The molecule has 0 aliphatic carbocycles. The van der Waals surface area contributed by atoms with Gasteiger partial charge in [0.15, 0.2) is 0 Å². The van der Waals surface area contributed by atoms with E-state index in [1.807, 2.05) is 30.3 Å². The van der Waals surface area contributed by atoms with Gasteiger partial charge < -0.3 is 9.64 Å². The number of carbonyl (C=O) groups excluding carboxylic acids is 1. The van der Waals surface area contributed by atoms with Gasteiger partial charge in [-0.2, -0.15) is 5.10 Å². The second kappa shape index (κ2) is 8.09. The number of benzene rings is 2. The van der Waals surface area contributed by atoms with Gasteiger partial charge in [0, 0.05) is 35.3 Å². The topological polar surface area (TPSA) is 64.4 Å². The largest absolute Gasteiger partial charge is 0.496 e. The molecule has 1 aliphatic heterocycles. The summed E-state index contributed by atoms with van der Waals surface area (Å²) in [6, 6.07) is 16.1. The molecule has 4 rings (SSSR count). The highest BCUT2D eigenvalue weighted by molar-refractivity contribution is 6.30. The SMILES string of the molecule is COc1cc(Cl)ccc1-c1ccc(=O)n(CCN2CCc3ccccc3C2=O)n1. The van der Waals surface area contributed by atoms with Crippen LogP contribution in [0.15, 0.2) is 59.4 Å². The van der Waals surface area contributed by atoms with E-state index in [1.54, 1.807) is 30.2 Å². The number of carbonyl (C=O) groups is 1. The van der Waals surface area contributed by atoms with E-state index in [0.29, 0.717) is 36.1 Å². The maximum absolute atomic E-state index is 12.7. The number of fused-ring (bicyclic) bond motifs is 1. The highest BCUT2D eigenvalue weighted by Crippen LogP contribution is 2.30. The number of nitrogens with zero attached hydrogens (tertiary/aromatic N) is 3. The highest BCUT2D eigenvalue weighted by Gasteiger charge is 2.23. The molecule has 0 fully saturated rings. The fourth-order valence-corrected chi connectivity index (χ4v) is 3.69. The molecule has 7 heteroatoms. The van der Waals surface area contributed by atoms with Gasteiger partial charge in [-0.05, 0) is 42.3 Å². The molecule has 0 unspecified atom stereocenters. The van der Waals surface area contributed by atoms with Gasteiger partial charge in [0.1, 0.15) is 5.75 Å². The second-order valence-corrected chi connectivity index (χ2v) is 7.26. The van der Waals surface area contributed by atoms with Crippen LogP contribution in [0.2, 0.25) is 5.02 Å². The van der Waals surface area contributed by atoms with E-state index < -0.39 is 0 Å². The van der Waals surface area contributed by atoms with E-state index in [-0.39, 0.29) is 11.5 Å². The molecule has 1 aromatic heterocycles. The molecule has 0 saturated carbocycles. The molecule has 3 aromatic rings. The fraction of sp³-hybridized carbons (Fsp3) is 0.227. The molecule has 0 radical (unpaired) electrons. The van der Waals surface area contributed by atoms with Crippen LogP contribution in [0.4, 0.5) is 0 Å². The van der Waals surface area contributed by atoms with Gasteiger partial charge in [-0.3, -0.25) is 9.59 Å². The summed E-state index contributed by atoms with van der Waals surface area (Å²) in [4.78, 5) is 26.8. The minimum Gasteiger partial charge on any atom is -0.496 e. The number of hydrogen-bond donors (Lipinski definition) is 0. The van der Waals surface area contributed by atoms with Gasteiger partial charge in [0.05, 0.1) is 19.3 Å². The number of amides is 1. The Hall–Kier alpha value is -3.12. The lowest BCUT2D eigenvalue weighted by molar-refractivity contribution is 0.0731. The smallest absolute Gasteiger partial charge is 0.266 e. The van der Waals surface area contributed by atoms with Gasteiger partial charge in [-0.25, -0.2) is 4.68 Å². The molecule has 0 saturated heterocycles. The van der Waals surface area contributed by atoms with Crippen LogP contribution < -0.4 is 10.3 Å². The summed E-state index contributed by atoms with van der Waals surface area (Å²) in [6.45, 7) is 1.37. The van der Waals surface area contributed by atoms with Crippen LogP contribution in [0.5, 0.6) is 5.75 Å². The number of ether oxygens (including phenoxy) is 1. The van der Waals surface area contributed by atoms with Crippen molar-refractivity contribution < 1.29 is 9.53 Å². The van der Waals surface area contributed by atoms with Crippen LogP contribution in [0.25, 0.3) is 11.3 Å². The predicted molar refractivity (Wildman–Crippen MR) is 112 cm³/mol. The fourth-order valence-electron chi connectivity index (χ4n) is 3.53.